The van der Waals surface area contributed by atoms with E-state index in [-0.39, 0.29) is 5.78 Å². The van der Waals surface area contributed by atoms with E-state index in [9.17, 15) is 4.79 Å². The Kier molecular flexibility index (Phi) is 4.07. The van der Waals surface area contributed by atoms with E-state index in [4.69, 9.17) is 16.3 Å². The molecule has 22 heavy (non-hydrogen) atoms. The first-order valence-corrected chi connectivity index (χ1v) is 7.29. The zero-order valence-electron chi connectivity index (χ0n) is 12.0. The summed E-state index contributed by atoms with van der Waals surface area (Å²) in [7, 11) is 0. The molecule has 0 bridgehead atoms. The van der Waals surface area contributed by atoms with Gasteiger partial charge in [0.1, 0.15) is 18.1 Å². The number of carbonyl (C=O) groups is 1. The number of halogens is 1. The number of ether oxygens (including phenoxy) is 1. The molecule has 110 valence electrons. The van der Waals surface area contributed by atoms with Crippen LogP contribution in [0.3, 0.4) is 0 Å². The van der Waals surface area contributed by atoms with Gasteiger partial charge in [-0.15, -0.1) is 0 Å². The maximum Gasteiger partial charge on any atom is 0.181 e. The molecule has 0 atom stereocenters. The third-order valence-corrected chi connectivity index (χ3v) is 3.55. The van der Waals surface area contributed by atoms with Crippen molar-refractivity contribution in [2.24, 2.45) is 0 Å². The second kappa shape index (κ2) is 6.16. The lowest BCUT2D eigenvalue weighted by Crippen LogP contribution is -2.04. The van der Waals surface area contributed by atoms with E-state index in [1.807, 2.05) is 42.5 Å². The second-order valence-corrected chi connectivity index (χ2v) is 5.44. The molecule has 2 aromatic carbocycles. The molecule has 0 fully saturated rings. The summed E-state index contributed by atoms with van der Waals surface area (Å²) in [6.45, 7) is 1.87. The fraction of sp³-hybridized carbons (Fsp3) is 0.111. The molecule has 1 heterocycles. The van der Waals surface area contributed by atoms with Crippen molar-refractivity contribution < 1.29 is 9.53 Å². The predicted octanol–water partition coefficient (Wildman–Crippen LogP) is 4.67. The Labute approximate surface area is 133 Å². The highest BCUT2D eigenvalue weighted by Crippen LogP contribution is 2.26. The van der Waals surface area contributed by atoms with E-state index in [0.717, 1.165) is 10.9 Å². The standard InChI is InChI=1S/C18H14ClNO2/c1-12(21)18-17(22-11-13-5-3-2-4-6-13)9-14-7-8-15(19)10-16(14)20-18/h2-10H,11H2,1H3. The molecule has 1 aromatic heterocycles. The van der Waals surface area contributed by atoms with Crippen LogP contribution in [0.2, 0.25) is 5.02 Å². The van der Waals surface area contributed by atoms with Crippen molar-refractivity contribution >= 4 is 28.3 Å². The van der Waals surface area contributed by atoms with Crippen molar-refractivity contribution in [1.82, 2.24) is 4.98 Å². The minimum absolute atomic E-state index is 0.134. The van der Waals surface area contributed by atoms with Gasteiger partial charge in [0, 0.05) is 17.3 Å². The number of aromatic nitrogens is 1. The predicted molar refractivity (Wildman–Crippen MR) is 87.5 cm³/mol. The molecule has 0 saturated carbocycles. The monoisotopic (exact) mass is 311 g/mol. The first-order valence-electron chi connectivity index (χ1n) is 6.91. The Morgan fingerprint density at radius 1 is 1.14 bits per heavy atom. The van der Waals surface area contributed by atoms with Gasteiger partial charge in [0.2, 0.25) is 0 Å². The maximum absolute atomic E-state index is 11.8. The first-order chi connectivity index (χ1) is 10.6. The van der Waals surface area contributed by atoms with Crippen LogP contribution >= 0.6 is 11.6 Å². The first kappa shape index (κ1) is 14.5. The van der Waals surface area contributed by atoms with E-state index in [1.54, 1.807) is 12.1 Å². The van der Waals surface area contributed by atoms with E-state index in [1.165, 1.54) is 6.92 Å². The van der Waals surface area contributed by atoms with Crippen LogP contribution in [-0.4, -0.2) is 10.8 Å². The van der Waals surface area contributed by atoms with Gasteiger partial charge < -0.3 is 4.74 Å². The summed E-state index contributed by atoms with van der Waals surface area (Å²) in [6, 6.07) is 17.0. The van der Waals surface area contributed by atoms with Gasteiger partial charge in [-0.2, -0.15) is 0 Å². The lowest BCUT2D eigenvalue weighted by atomic mass is 10.1. The molecule has 0 unspecified atom stereocenters. The normalized spacial score (nSPS) is 10.6. The Hall–Kier alpha value is -2.39. The van der Waals surface area contributed by atoms with E-state index < -0.39 is 0 Å². The summed E-state index contributed by atoms with van der Waals surface area (Å²) >= 11 is 5.98. The molecule has 3 nitrogen and oxygen atoms in total. The lowest BCUT2D eigenvalue weighted by molar-refractivity contribution is 0.100. The number of rotatable bonds is 4. The number of nitrogens with zero attached hydrogens (tertiary/aromatic N) is 1. The van der Waals surface area contributed by atoms with Crippen LogP contribution in [0.15, 0.2) is 54.6 Å². The highest BCUT2D eigenvalue weighted by atomic mass is 35.5. The Morgan fingerprint density at radius 3 is 2.64 bits per heavy atom. The van der Waals surface area contributed by atoms with Crippen LogP contribution in [0, 0.1) is 0 Å². The second-order valence-electron chi connectivity index (χ2n) is 5.00. The molecular weight excluding hydrogens is 298 g/mol. The van der Waals surface area contributed by atoms with Crippen LogP contribution in [-0.2, 0) is 6.61 Å². The number of carbonyl (C=O) groups excluding carboxylic acids is 1. The lowest BCUT2D eigenvalue weighted by Gasteiger charge is -2.11. The van der Waals surface area contributed by atoms with E-state index in [2.05, 4.69) is 4.98 Å². The number of pyridine rings is 1. The molecule has 0 saturated heterocycles. The van der Waals surface area contributed by atoms with Crippen LogP contribution in [0.25, 0.3) is 10.9 Å². The maximum atomic E-state index is 11.8. The van der Waals surface area contributed by atoms with Crippen molar-refractivity contribution in [2.75, 3.05) is 0 Å². The van der Waals surface area contributed by atoms with Gasteiger partial charge in [-0.05, 0) is 23.8 Å². The minimum atomic E-state index is -0.134. The van der Waals surface area contributed by atoms with Crippen molar-refractivity contribution in [1.29, 1.82) is 0 Å². The zero-order chi connectivity index (χ0) is 15.5. The van der Waals surface area contributed by atoms with Crippen molar-refractivity contribution in [3.8, 4) is 5.75 Å². The Balaban J connectivity index is 1.98. The molecule has 3 aromatic rings. The summed E-state index contributed by atoms with van der Waals surface area (Å²) < 4.78 is 5.81. The number of fused-ring (bicyclic) bond motifs is 1. The van der Waals surface area contributed by atoms with Crippen molar-refractivity contribution in [3.05, 3.63) is 70.9 Å². The molecular formula is C18H14ClNO2. The largest absolute Gasteiger partial charge is 0.486 e. The summed E-state index contributed by atoms with van der Waals surface area (Å²) in [5, 5.41) is 1.48. The minimum Gasteiger partial charge on any atom is -0.486 e. The highest BCUT2D eigenvalue weighted by Gasteiger charge is 2.13. The number of hydrogen-bond acceptors (Lipinski definition) is 3. The van der Waals surface area contributed by atoms with Gasteiger partial charge in [0.05, 0.1) is 5.52 Å². The van der Waals surface area contributed by atoms with Gasteiger partial charge >= 0.3 is 0 Å². The fourth-order valence-electron chi connectivity index (χ4n) is 2.22. The summed E-state index contributed by atoms with van der Waals surface area (Å²) in [4.78, 5) is 16.2. The molecule has 0 N–H and O–H groups in total. The number of Topliss-reactive ketones (excluding diaryl/α,β-unsaturated/α-hetero) is 1. The molecule has 4 heteroatoms. The molecule has 0 aliphatic carbocycles. The third kappa shape index (κ3) is 3.10. The summed E-state index contributed by atoms with van der Waals surface area (Å²) in [5.41, 5.74) is 2.05. The van der Waals surface area contributed by atoms with Crippen LogP contribution in [0.1, 0.15) is 23.0 Å². The van der Waals surface area contributed by atoms with Gasteiger partial charge in [0.15, 0.2) is 5.78 Å². The Morgan fingerprint density at radius 2 is 1.91 bits per heavy atom. The van der Waals surface area contributed by atoms with Crippen molar-refractivity contribution in [2.45, 2.75) is 13.5 Å². The van der Waals surface area contributed by atoms with Gasteiger partial charge in [-0.1, -0.05) is 48.0 Å². The van der Waals surface area contributed by atoms with E-state index >= 15 is 0 Å². The highest BCUT2D eigenvalue weighted by molar-refractivity contribution is 6.31. The molecule has 0 aliphatic rings. The molecule has 0 amide bonds. The number of ketones is 1. The van der Waals surface area contributed by atoms with Gasteiger partial charge in [0.25, 0.3) is 0 Å². The third-order valence-electron chi connectivity index (χ3n) is 3.32. The van der Waals surface area contributed by atoms with Crippen LogP contribution < -0.4 is 4.74 Å². The fourth-order valence-corrected chi connectivity index (χ4v) is 2.38. The SMILES string of the molecule is CC(=O)c1nc2cc(Cl)ccc2cc1OCc1ccccc1. The number of hydrogen-bond donors (Lipinski definition) is 0. The summed E-state index contributed by atoms with van der Waals surface area (Å²) in [5.74, 6) is 0.358. The smallest absolute Gasteiger partial charge is 0.181 e. The molecule has 0 aliphatic heterocycles. The quantitative estimate of drug-likeness (QED) is 0.657. The van der Waals surface area contributed by atoms with Crippen LogP contribution in [0.4, 0.5) is 0 Å². The molecule has 0 spiro atoms. The molecule has 3 rings (SSSR count). The van der Waals surface area contributed by atoms with Gasteiger partial charge in [-0.25, -0.2) is 4.98 Å². The topological polar surface area (TPSA) is 39.2 Å². The van der Waals surface area contributed by atoms with Crippen molar-refractivity contribution in [3.63, 3.8) is 0 Å². The van der Waals surface area contributed by atoms with E-state index in [0.29, 0.717) is 28.6 Å². The van der Waals surface area contributed by atoms with Crippen LogP contribution in [0.5, 0.6) is 5.75 Å². The molecule has 0 radical (unpaired) electrons. The summed E-state index contributed by atoms with van der Waals surface area (Å²) in [6.07, 6.45) is 0. The average Bonchev–Trinajstić information content (AvgIpc) is 2.53. The van der Waals surface area contributed by atoms with Gasteiger partial charge in [-0.3, -0.25) is 4.79 Å². The Bertz CT molecular complexity index is 831. The number of benzene rings is 2. The zero-order valence-corrected chi connectivity index (χ0v) is 12.8. The average molecular weight is 312 g/mol.